The second-order valence-corrected chi connectivity index (χ2v) is 8.72. The van der Waals surface area contributed by atoms with Gasteiger partial charge in [0, 0.05) is 18.9 Å². The number of ketones is 1. The average Bonchev–Trinajstić information content (AvgIpc) is 2.95. The molecule has 4 atom stereocenters. The lowest BCUT2D eigenvalue weighted by atomic mass is 9.55. The van der Waals surface area contributed by atoms with Crippen LogP contribution in [0.1, 0.15) is 61.6 Å². The summed E-state index contributed by atoms with van der Waals surface area (Å²) in [6.07, 6.45) is 0.302. The molecule has 0 aliphatic heterocycles. The van der Waals surface area contributed by atoms with Crippen LogP contribution in [0.15, 0.2) is 12.1 Å². The quantitative estimate of drug-likeness (QED) is 0.660. The summed E-state index contributed by atoms with van der Waals surface area (Å²) in [7, 11) is 1.49. The van der Waals surface area contributed by atoms with E-state index in [1.807, 2.05) is 0 Å². The summed E-state index contributed by atoms with van der Waals surface area (Å²) in [6, 6.07) is 2.92. The molecule has 2 saturated carbocycles. The minimum Gasteiger partial charge on any atom is -0.491 e. The molecule has 0 heterocycles. The van der Waals surface area contributed by atoms with Crippen LogP contribution in [-0.4, -0.2) is 26.1 Å². The van der Waals surface area contributed by atoms with E-state index in [9.17, 15) is 18.0 Å². The lowest BCUT2D eigenvalue weighted by Crippen LogP contribution is -2.42. The van der Waals surface area contributed by atoms with Crippen LogP contribution in [0.25, 0.3) is 0 Å². The third-order valence-corrected chi connectivity index (χ3v) is 7.38. The van der Waals surface area contributed by atoms with Crippen LogP contribution in [0.3, 0.4) is 0 Å². The van der Waals surface area contributed by atoms with Gasteiger partial charge in [0.15, 0.2) is 0 Å². The van der Waals surface area contributed by atoms with E-state index in [0.717, 1.165) is 43.2 Å². The van der Waals surface area contributed by atoms with Gasteiger partial charge in [-0.1, -0.05) is 6.92 Å². The number of benzene rings is 1. The molecule has 4 unspecified atom stereocenters. The number of methoxy groups -OCH3 is 1. The van der Waals surface area contributed by atoms with Gasteiger partial charge in [-0.15, -0.1) is 0 Å². The molecule has 3 aliphatic rings. The molecular weight excluding hydrogens is 369 g/mol. The Balaban J connectivity index is 1.69. The van der Waals surface area contributed by atoms with E-state index in [4.69, 9.17) is 9.47 Å². The van der Waals surface area contributed by atoms with E-state index in [-0.39, 0.29) is 30.3 Å². The van der Waals surface area contributed by atoms with Crippen LogP contribution in [0.5, 0.6) is 5.75 Å². The number of halogens is 3. The van der Waals surface area contributed by atoms with E-state index in [2.05, 4.69) is 6.92 Å². The molecule has 4 rings (SSSR count). The van der Waals surface area contributed by atoms with Gasteiger partial charge in [-0.05, 0) is 73.1 Å². The monoisotopic (exact) mass is 396 g/mol. The number of hydrogen-bond acceptors (Lipinski definition) is 3. The molecule has 0 radical (unpaired) electrons. The van der Waals surface area contributed by atoms with Crippen molar-refractivity contribution in [3.05, 3.63) is 28.8 Å². The number of Topliss-reactive ketones (excluding diaryl/α,β-unsaturated/α-hetero) is 1. The highest BCUT2D eigenvalue weighted by atomic mass is 19.4. The van der Waals surface area contributed by atoms with Crippen LogP contribution in [-0.2, 0) is 22.1 Å². The topological polar surface area (TPSA) is 35.5 Å². The molecule has 0 bridgehead atoms. The standard InChI is InChI=1S/C22H27F3O3/c1-21-8-7-14-15(17(21)5-6-20(21)26)4-3-13-11-19(28-10-9-27-2)18(12-16(13)14)22(23,24)25/h11-12,14-15,17H,3-10H2,1-2H3. The van der Waals surface area contributed by atoms with Gasteiger partial charge in [-0.25, -0.2) is 0 Å². The van der Waals surface area contributed by atoms with Gasteiger partial charge in [-0.2, -0.15) is 13.2 Å². The molecule has 3 aliphatic carbocycles. The van der Waals surface area contributed by atoms with Crippen LogP contribution >= 0.6 is 0 Å². The molecule has 0 spiro atoms. The highest BCUT2D eigenvalue weighted by molar-refractivity contribution is 5.87. The van der Waals surface area contributed by atoms with Crippen LogP contribution in [0, 0.1) is 17.3 Å². The first-order chi connectivity index (χ1) is 13.3. The molecule has 0 saturated heterocycles. The molecule has 3 nitrogen and oxygen atoms in total. The largest absolute Gasteiger partial charge is 0.491 e. The van der Waals surface area contributed by atoms with Crippen molar-refractivity contribution in [2.45, 2.75) is 57.5 Å². The molecule has 6 heteroatoms. The Morgan fingerprint density at radius 1 is 1.14 bits per heavy atom. The maximum atomic E-state index is 13.7. The normalized spacial score (nSPS) is 31.9. The summed E-state index contributed by atoms with van der Waals surface area (Å²) in [5, 5.41) is 0. The minimum atomic E-state index is -4.46. The predicted molar refractivity (Wildman–Crippen MR) is 98.4 cm³/mol. The van der Waals surface area contributed by atoms with Crippen LogP contribution in [0.2, 0.25) is 0 Å². The van der Waals surface area contributed by atoms with E-state index in [1.165, 1.54) is 13.2 Å². The van der Waals surface area contributed by atoms with E-state index in [0.29, 0.717) is 24.0 Å². The molecule has 0 amide bonds. The van der Waals surface area contributed by atoms with Gasteiger partial charge in [-0.3, -0.25) is 4.79 Å². The number of rotatable bonds is 4. The second kappa shape index (κ2) is 7.05. The zero-order valence-electron chi connectivity index (χ0n) is 16.4. The van der Waals surface area contributed by atoms with Crippen molar-refractivity contribution in [2.24, 2.45) is 17.3 Å². The number of fused-ring (bicyclic) bond motifs is 5. The minimum absolute atomic E-state index is 0.0902. The van der Waals surface area contributed by atoms with Gasteiger partial charge in [0.1, 0.15) is 18.1 Å². The van der Waals surface area contributed by atoms with Crippen molar-refractivity contribution in [3.63, 3.8) is 0 Å². The lowest BCUT2D eigenvalue weighted by molar-refractivity contribution is -0.139. The van der Waals surface area contributed by atoms with E-state index in [1.54, 1.807) is 6.07 Å². The summed E-state index contributed by atoms with van der Waals surface area (Å²) in [5.74, 6) is 0.970. The molecular formula is C22H27F3O3. The Hall–Kier alpha value is -1.56. The molecule has 1 aromatic rings. The van der Waals surface area contributed by atoms with Gasteiger partial charge >= 0.3 is 6.18 Å². The molecule has 154 valence electrons. The number of carbonyl (C=O) groups excluding carboxylic acids is 1. The highest BCUT2D eigenvalue weighted by Crippen LogP contribution is 2.60. The fourth-order valence-electron chi connectivity index (χ4n) is 5.95. The van der Waals surface area contributed by atoms with Gasteiger partial charge < -0.3 is 9.47 Å². The Morgan fingerprint density at radius 3 is 2.64 bits per heavy atom. The smallest absolute Gasteiger partial charge is 0.419 e. The van der Waals surface area contributed by atoms with Crippen LogP contribution in [0.4, 0.5) is 13.2 Å². The first-order valence-corrected chi connectivity index (χ1v) is 10.1. The molecule has 0 aromatic heterocycles. The van der Waals surface area contributed by atoms with E-state index >= 15 is 0 Å². The molecule has 2 fully saturated rings. The Labute approximate surface area is 163 Å². The SMILES string of the molecule is COCCOc1cc2c(cc1C(F)(F)F)C1CCC3(C)C(=O)CCC3C1CC2. The third-order valence-electron chi connectivity index (χ3n) is 7.38. The van der Waals surface area contributed by atoms with Crippen molar-refractivity contribution in [1.29, 1.82) is 0 Å². The summed E-state index contributed by atoms with van der Waals surface area (Å²) >= 11 is 0. The van der Waals surface area contributed by atoms with Crippen molar-refractivity contribution in [3.8, 4) is 5.75 Å². The third kappa shape index (κ3) is 3.14. The summed E-state index contributed by atoms with van der Waals surface area (Å²) < 4.78 is 51.5. The predicted octanol–water partition coefficient (Wildman–Crippen LogP) is 5.16. The molecule has 0 N–H and O–H groups in total. The summed E-state index contributed by atoms with van der Waals surface area (Å²) in [5.41, 5.74) is 0.826. The Kier molecular flexibility index (Phi) is 4.97. The number of alkyl halides is 3. The fourth-order valence-corrected chi connectivity index (χ4v) is 5.95. The van der Waals surface area contributed by atoms with E-state index < -0.39 is 11.7 Å². The first kappa shape index (κ1) is 19.7. The van der Waals surface area contributed by atoms with Crippen LogP contribution < -0.4 is 4.74 Å². The molecule has 28 heavy (non-hydrogen) atoms. The summed E-state index contributed by atoms with van der Waals surface area (Å²) in [4.78, 5) is 12.4. The lowest BCUT2D eigenvalue weighted by Gasteiger charge is -2.48. The first-order valence-electron chi connectivity index (χ1n) is 10.1. The Bertz CT molecular complexity index is 773. The second-order valence-electron chi connectivity index (χ2n) is 8.72. The van der Waals surface area contributed by atoms with Gasteiger partial charge in [0.25, 0.3) is 0 Å². The number of hydrogen-bond donors (Lipinski definition) is 0. The van der Waals surface area contributed by atoms with Gasteiger partial charge in [0.2, 0.25) is 0 Å². The van der Waals surface area contributed by atoms with Crippen molar-refractivity contribution < 1.29 is 27.4 Å². The Morgan fingerprint density at radius 2 is 1.93 bits per heavy atom. The number of aryl methyl sites for hydroxylation is 1. The van der Waals surface area contributed by atoms with Crippen molar-refractivity contribution >= 4 is 5.78 Å². The highest BCUT2D eigenvalue weighted by Gasteiger charge is 2.54. The van der Waals surface area contributed by atoms with Gasteiger partial charge in [0.05, 0.1) is 12.2 Å². The maximum Gasteiger partial charge on any atom is 0.419 e. The fraction of sp³-hybridized carbons (Fsp3) is 0.682. The van der Waals surface area contributed by atoms with Crippen molar-refractivity contribution in [1.82, 2.24) is 0 Å². The average molecular weight is 396 g/mol. The zero-order chi connectivity index (χ0) is 20.1. The number of carbonyl (C=O) groups is 1. The number of ether oxygens (including phenoxy) is 2. The van der Waals surface area contributed by atoms with Crippen molar-refractivity contribution in [2.75, 3.05) is 20.3 Å². The zero-order valence-corrected chi connectivity index (χ0v) is 16.4. The molecule has 1 aromatic carbocycles. The maximum absolute atomic E-state index is 13.7. The summed E-state index contributed by atoms with van der Waals surface area (Å²) in [6.45, 7) is 2.41.